The van der Waals surface area contributed by atoms with Crippen LogP contribution in [-0.4, -0.2) is 72.0 Å². The number of rotatable bonds is 7. The Morgan fingerprint density at radius 1 is 1.18 bits per heavy atom. The van der Waals surface area contributed by atoms with E-state index in [1.54, 1.807) is 42.7 Å². The van der Waals surface area contributed by atoms with E-state index in [4.69, 9.17) is 9.47 Å². The Hall–Kier alpha value is -3.66. The number of pyridine rings is 1. The Morgan fingerprint density at radius 3 is 2.70 bits per heavy atom. The first-order chi connectivity index (χ1) is 16.0. The number of hydrogen-bond acceptors (Lipinski definition) is 7. The van der Waals surface area contributed by atoms with E-state index in [9.17, 15) is 14.4 Å². The fourth-order valence-electron chi connectivity index (χ4n) is 4.28. The number of benzene rings is 1. The average Bonchev–Trinajstić information content (AvgIpc) is 2.85. The van der Waals surface area contributed by atoms with Crippen molar-refractivity contribution in [2.45, 2.75) is 31.5 Å². The molecule has 33 heavy (non-hydrogen) atoms. The van der Waals surface area contributed by atoms with Crippen molar-refractivity contribution < 1.29 is 23.9 Å². The molecule has 1 aromatic carbocycles. The monoisotopic (exact) mass is 453 g/mol. The molecule has 10 heteroatoms. The largest absolute Gasteiger partial charge is 0.497 e. The van der Waals surface area contributed by atoms with Crippen molar-refractivity contribution in [3.05, 3.63) is 48.3 Å². The Morgan fingerprint density at radius 2 is 1.97 bits per heavy atom. The van der Waals surface area contributed by atoms with Crippen LogP contribution in [0.4, 0.5) is 10.5 Å². The van der Waals surface area contributed by atoms with Crippen molar-refractivity contribution in [3.8, 4) is 11.5 Å². The summed E-state index contributed by atoms with van der Waals surface area (Å²) in [7, 11) is 3.04. The summed E-state index contributed by atoms with van der Waals surface area (Å²) < 4.78 is 10.5. The van der Waals surface area contributed by atoms with E-state index in [1.165, 1.54) is 24.0 Å². The number of piperidine rings is 1. The fourth-order valence-corrected chi connectivity index (χ4v) is 4.28. The van der Waals surface area contributed by atoms with E-state index < -0.39 is 18.0 Å². The SMILES string of the molecule is COc1ccc(OC)c(NC(=O)CN2C(=O)N(Cc3ccncc3)C(=O)C3NCCCC32)c1. The number of aromatic nitrogens is 1. The standard InChI is InChI=1S/C23H27N5O5/c1-32-16-5-6-19(33-2)17(12-16)26-20(29)14-27-18-4-3-9-25-21(18)22(30)28(23(27)31)13-15-7-10-24-11-8-15/h5-8,10-12,18,21,25H,3-4,9,13-14H2,1-2H3,(H,26,29). The van der Waals surface area contributed by atoms with Gasteiger partial charge in [-0.15, -0.1) is 0 Å². The molecule has 4 rings (SSSR count). The maximum absolute atomic E-state index is 13.4. The lowest BCUT2D eigenvalue weighted by Crippen LogP contribution is -2.70. The van der Waals surface area contributed by atoms with Crippen LogP contribution in [0.15, 0.2) is 42.7 Å². The number of imide groups is 1. The van der Waals surface area contributed by atoms with Crippen molar-refractivity contribution >= 4 is 23.5 Å². The van der Waals surface area contributed by atoms with Gasteiger partial charge in [-0.2, -0.15) is 0 Å². The molecule has 1 aromatic heterocycles. The molecule has 0 spiro atoms. The molecule has 2 atom stereocenters. The zero-order valence-electron chi connectivity index (χ0n) is 18.6. The molecule has 2 fully saturated rings. The van der Waals surface area contributed by atoms with Crippen LogP contribution >= 0.6 is 0 Å². The van der Waals surface area contributed by atoms with Gasteiger partial charge in [-0.1, -0.05) is 0 Å². The number of carbonyl (C=O) groups excluding carboxylic acids is 3. The quantitative estimate of drug-likeness (QED) is 0.655. The van der Waals surface area contributed by atoms with Crippen LogP contribution in [0.1, 0.15) is 18.4 Å². The van der Waals surface area contributed by atoms with Crippen LogP contribution in [0.3, 0.4) is 0 Å². The minimum Gasteiger partial charge on any atom is -0.497 e. The third-order valence-electron chi connectivity index (χ3n) is 5.92. The van der Waals surface area contributed by atoms with E-state index in [2.05, 4.69) is 15.6 Å². The third-order valence-corrected chi connectivity index (χ3v) is 5.92. The van der Waals surface area contributed by atoms with Crippen molar-refractivity contribution in [2.75, 3.05) is 32.6 Å². The lowest BCUT2D eigenvalue weighted by atomic mass is 9.93. The second kappa shape index (κ2) is 9.86. The van der Waals surface area contributed by atoms with Crippen LogP contribution in [0.2, 0.25) is 0 Å². The second-order valence-corrected chi connectivity index (χ2v) is 7.95. The molecule has 2 unspecified atom stereocenters. The normalized spacial score (nSPS) is 20.3. The lowest BCUT2D eigenvalue weighted by molar-refractivity contribution is -0.138. The van der Waals surface area contributed by atoms with Crippen LogP contribution < -0.4 is 20.1 Å². The summed E-state index contributed by atoms with van der Waals surface area (Å²) in [4.78, 5) is 46.1. The highest BCUT2D eigenvalue weighted by Gasteiger charge is 2.47. The lowest BCUT2D eigenvalue weighted by Gasteiger charge is -2.46. The molecule has 2 aliphatic rings. The van der Waals surface area contributed by atoms with Gasteiger partial charge in [0.2, 0.25) is 11.8 Å². The van der Waals surface area contributed by atoms with Crippen LogP contribution in [0.25, 0.3) is 0 Å². The van der Waals surface area contributed by atoms with Gasteiger partial charge in [0.15, 0.2) is 0 Å². The third kappa shape index (κ3) is 4.75. The number of carbonyl (C=O) groups is 3. The first-order valence-corrected chi connectivity index (χ1v) is 10.8. The van der Waals surface area contributed by atoms with Crippen LogP contribution in [-0.2, 0) is 16.1 Å². The van der Waals surface area contributed by atoms with Crippen molar-refractivity contribution in [2.24, 2.45) is 0 Å². The van der Waals surface area contributed by atoms with Gasteiger partial charge >= 0.3 is 6.03 Å². The van der Waals surface area contributed by atoms with Gasteiger partial charge in [0.25, 0.3) is 0 Å². The maximum atomic E-state index is 13.4. The van der Waals surface area contributed by atoms with E-state index in [1.807, 2.05) is 0 Å². The maximum Gasteiger partial charge on any atom is 0.327 e. The molecule has 0 aliphatic carbocycles. The molecule has 174 valence electrons. The topological polar surface area (TPSA) is 113 Å². The average molecular weight is 453 g/mol. The zero-order valence-corrected chi connectivity index (χ0v) is 18.6. The van der Waals surface area contributed by atoms with E-state index in [0.717, 1.165) is 12.0 Å². The molecule has 2 N–H and O–H groups in total. The van der Waals surface area contributed by atoms with Crippen molar-refractivity contribution in [1.29, 1.82) is 0 Å². The summed E-state index contributed by atoms with van der Waals surface area (Å²) >= 11 is 0. The summed E-state index contributed by atoms with van der Waals surface area (Å²) in [6, 6.07) is 7.18. The van der Waals surface area contributed by atoms with Gasteiger partial charge in [0.05, 0.1) is 32.5 Å². The Bertz CT molecular complexity index is 1030. The molecule has 2 aliphatic heterocycles. The van der Waals surface area contributed by atoms with Gasteiger partial charge in [0.1, 0.15) is 24.1 Å². The van der Waals surface area contributed by atoms with Crippen LogP contribution in [0.5, 0.6) is 11.5 Å². The highest BCUT2D eigenvalue weighted by Crippen LogP contribution is 2.30. The molecular weight excluding hydrogens is 426 g/mol. The van der Waals surface area contributed by atoms with Crippen LogP contribution in [0, 0.1) is 0 Å². The Labute approximate surface area is 191 Å². The molecule has 3 heterocycles. The van der Waals surface area contributed by atoms with Gasteiger partial charge < -0.3 is 25.0 Å². The van der Waals surface area contributed by atoms with Gasteiger partial charge in [-0.25, -0.2) is 4.79 Å². The van der Waals surface area contributed by atoms with Gasteiger partial charge in [-0.05, 0) is 49.2 Å². The van der Waals surface area contributed by atoms with Crippen molar-refractivity contribution in [3.63, 3.8) is 0 Å². The molecule has 0 saturated carbocycles. The molecule has 10 nitrogen and oxygen atoms in total. The summed E-state index contributed by atoms with van der Waals surface area (Å²) in [5.41, 5.74) is 1.22. The minimum absolute atomic E-state index is 0.118. The number of anilines is 1. The number of urea groups is 1. The molecule has 2 saturated heterocycles. The van der Waals surface area contributed by atoms with Gasteiger partial charge in [-0.3, -0.25) is 19.5 Å². The number of amides is 4. The smallest absolute Gasteiger partial charge is 0.327 e. The summed E-state index contributed by atoms with van der Waals surface area (Å²) in [5.74, 6) is 0.372. The molecule has 0 radical (unpaired) electrons. The Balaban J connectivity index is 1.55. The molecular formula is C23H27N5O5. The number of nitrogens with zero attached hydrogens (tertiary/aromatic N) is 3. The number of fused-ring (bicyclic) bond motifs is 1. The zero-order chi connectivity index (χ0) is 23.4. The molecule has 4 amide bonds. The summed E-state index contributed by atoms with van der Waals surface area (Å²) in [6.45, 7) is 0.611. The van der Waals surface area contributed by atoms with Gasteiger partial charge in [0, 0.05) is 18.5 Å². The fraction of sp³-hybridized carbons (Fsp3) is 0.391. The van der Waals surface area contributed by atoms with E-state index in [0.29, 0.717) is 30.2 Å². The first kappa shape index (κ1) is 22.5. The summed E-state index contributed by atoms with van der Waals surface area (Å²) in [5, 5.41) is 6.03. The first-order valence-electron chi connectivity index (χ1n) is 10.8. The minimum atomic E-state index is -0.544. The second-order valence-electron chi connectivity index (χ2n) is 7.95. The number of ether oxygens (including phenoxy) is 2. The number of hydrogen-bond donors (Lipinski definition) is 2. The number of nitrogens with one attached hydrogen (secondary N) is 2. The predicted octanol–water partition coefficient (Wildman–Crippen LogP) is 1.62. The summed E-state index contributed by atoms with van der Waals surface area (Å²) in [6.07, 6.45) is 4.69. The molecule has 2 aromatic rings. The Kier molecular flexibility index (Phi) is 6.74. The number of methoxy groups -OCH3 is 2. The highest BCUT2D eigenvalue weighted by molar-refractivity contribution is 6.03. The van der Waals surface area contributed by atoms with E-state index in [-0.39, 0.29) is 25.0 Å². The van der Waals surface area contributed by atoms with E-state index >= 15 is 0 Å². The van der Waals surface area contributed by atoms with Crippen molar-refractivity contribution in [1.82, 2.24) is 20.1 Å². The molecule has 0 bridgehead atoms. The predicted molar refractivity (Wildman–Crippen MR) is 120 cm³/mol. The highest BCUT2D eigenvalue weighted by atomic mass is 16.5.